The van der Waals surface area contributed by atoms with E-state index in [2.05, 4.69) is 67.8 Å². The molecule has 0 unspecified atom stereocenters. The molecule has 5 aromatic rings. The summed E-state index contributed by atoms with van der Waals surface area (Å²) in [5.74, 6) is 1.67. The van der Waals surface area contributed by atoms with Crippen LogP contribution in [-0.4, -0.2) is 21.5 Å². The van der Waals surface area contributed by atoms with Crippen LogP contribution in [0.3, 0.4) is 0 Å². The van der Waals surface area contributed by atoms with Crippen molar-refractivity contribution in [2.75, 3.05) is 11.9 Å². The maximum atomic E-state index is 9.73. The fourth-order valence-electron chi connectivity index (χ4n) is 4.66. The topological polar surface area (TPSA) is 57.3 Å². The molecule has 3 aromatic carbocycles. The maximum absolute atomic E-state index is 9.73. The first kappa shape index (κ1) is 26.5. The second kappa shape index (κ2) is 10.2. The molecule has 2 aromatic heterocycles. The van der Waals surface area contributed by atoms with Crippen molar-refractivity contribution >= 4 is 27.5 Å². The van der Waals surface area contributed by atoms with E-state index < -0.39 is 0 Å². The summed E-state index contributed by atoms with van der Waals surface area (Å²) < 4.78 is 8.38. The number of pyridine rings is 1. The van der Waals surface area contributed by atoms with Crippen LogP contribution in [0.4, 0.5) is 5.69 Å². The van der Waals surface area contributed by atoms with Gasteiger partial charge in [-0.3, -0.25) is 0 Å². The van der Waals surface area contributed by atoms with Gasteiger partial charge < -0.3 is 19.1 Å². The maximum Gasteiger partial charge on any atom is 0.135 e. The summed E-state index contributed by atoms with van der Waals surface area (Å²) in [7, 11) is 1.95. The van der Waals surface area contributed by atoms with Crippen molar-refractivity contribution in [1.82, 2.24) is 14.5 Å². The van der Waals surface area contributed by atoms with Crippen LogP contribution < -0.4 is 9.64 Å². The van der Waals surface area contributed by atoms with Crippen LogP contribution in [0.5, 0.6) is 11.5 Å². The zero-order chi connectivity index (χ0) is 26.4. The summed E-state index contributed by atoms with van der Waals surface area (Å²) in [6, 6.07) is 28.9. The third-order valence-electron chi connectivity index (χ3n) is 6.67. The Morgan fingerprint density at radius 3 is 2.54 bits per heavy atom. The molecular formula is C32H26N5OPt-3. The van der Waals surface area contributed by atoms with Crippen molar-refractivity contribution < 1.29 is 25.8 Å². The second-order valence-corrected chi connectivity index (χ2v) is 10.4. The van der Waals surface area contributed by atoms with Gasteiger partial charge in [0.2, 0.25) is 0 Å². The second-order valence-electron chi connectivity index (χ2n) is 10.4. The number of nitrogens with zero attached hydrogens (tertiary/aromatic N) is 5. The average molecular weight is 692 g/mol. The molecule has 0 radical (unpaired) electrons. The van der Waals surface area contributed by atoms with E-state index in [1.807, 2.05) is 72.4 Å². The average Bonchev–Trinajstić information content (AvgIpc) is 3.49. The fourth-order valence-corrected chi connectivity index (χ4v) is 4.66. The van der Waals surface area contributed by atoms with Crippen molar-refractivity contribution in [1.29, 1.82) is 5.26 Å². The third-order valence-corrected chi connectivity index (χ3v) is 6.67. The SMILES string of the molecule is CN1C=CN(c2[c-]c(Oc3[c-]c4c(cc3)c3ccccc3n4-c3cc(C(C)(C)C)ccn3)c(C#N)cc2)[CH-]1.[Pt]. The van der Waals surface area contributed by atoms with E-state index in [1.165, 1.54) is 5.56 Å². The molecule has 1 aliphatic rings. The molecule has 0 aliphatic carbocycles. The van der Waals surface area contributed by atoms with Crippen LogP contribution in [0, 0.1) is 30.1 Å². The van der Waals surface area contributed by atoms with Crippen LogP contribution in [0.15, 0.2) is 79.3 Å². The van der Waals surface area contributed by atoms with Gasteiger partial charge >= 0.3 is 0 Å². The first-order valence-electron chi connectivity index (χ1n) is 12.4. The van der Waals surface area contributed by atoms with Crippen molar-refractivity contribution in [3.63, 3.8) is 0 Å². The van der Waals surface area contributed by atoms with Crippen LogP contribution in [0.1, 0.15) is 31.9 Å². The summed E-state index contributed by atoms with van der Waals surface area (Å²) >= 11 is 0. The van der Waals surface area contributed by atoms with Crippen molar-refractivity contribution in [3.05, 3.63) is 109 Å². The minimum absolute atomic E-state index is 0. The van der Waals surface area contributed by atoms with E-state index in [9.17, 15) is 5.26 Å². The number of ether oxygens (including phenoxy) is 1. The molecule has 0 N–H and O–H groups in total. The summed E-state index contributed by atoms with van der Waals surface area (Å²) in [4.78, 5) is 8.60. The van der Waals surface area contributed by atoms with Gasteiger partial charge in [0.15, 0.2) is 0 Å². The van der Waals surface area contributed by atoms with Gasteiger partial charge in [0, 0.05) is 50.3 Å². The number of para-hydroxylation sites is 1. The number of fused-ring (bicyclic) bond motifs is 3. The van der Waals surface area contributed by atoms with Gasteiger partial charge in [-0.15, -0.1) is 41.4 Å². The molecule has 0 bridgehead atoms. The number of anilines is 1. The molecule has 0 saturated carbocycles. The van der Waals surface area contributed by atoms with E-state index in [-0.39, 0.29) is 26.5 Å². The van der Waals surface area contributed by atoms with Gasteiger partial charge in [-0.2, -0.15) is 12.7 Å². The van der Waals surface area contributed by atoms with E-state index in [0.29, 0.717) is 17.1 Å². The molecule has 6 nitrogen and oxygen atoms in total. The molecule has 0 fully saturated rings. The summed E-state index contributed by atoms with van der Waals surface area (Å²) in [5.41, 5.74) is 4.26. The first-order chi connectivity index (χ1) is 18.3. The number of aromatic nitrogens is 2. The first-order valence-corrected chi connectivity index (χ1v) is 12.4. The number of nitriles is 1. The summed E-state index contributed by atoms with van der Waals surface area (Å²) in [6.45, 7) is 8.51. The van der Waals surface area contributed by atoms with Gasteiger partial charge in [0.25, 0.3) is 0 Å². The Bertz CT molecular complexity index is 1760. The number of hydrogen-bond donors (Lipinski definition) is 0. The zero-order valence-electron chi connectivity index (χ0n) is 22.0. The third kappa shape index (κ3) is 4.91. The van der Waals surface area contributed by atoms with Crippen LogP contribution in [-0.2, 0) is 26.5 Å². The largest absolute Gasteiger partial charge is 0.510 e. The molecule has 0 saturated heterocycles. The molecule has 7 heteroatoms. The smallest absolute Gasteiger partial charge is 0.135 e. The van der Waals surface area contributed by atoms with Crippen molar-refractivity contribution in [3.8, 4) is 23.4 Å². The van der Waals surface area contributed by atoms with Crippen LogP contribution >= 0.6 is 0 Å². The zero-order valence-corrected chi connectivity index (χ0v) is 24.3. The van der Waals surface area contributed by atoms with Gasteiger partial charge in [0.1, 0.15) is 5.82 Å². The summed E-state index contributed by atoms with van der Waals surface area (Å²) in [5, 5.41) is 11.9. The van der Waals surface area contributed by atoms with Gasteiger partial charge in [0.05, 0.1) is 0 Å². The molecule has 0 amide bonds. The summed E-state index contributed by atoms with van der Waals surface area (Å²) in [6.07, 6.45) is 5.73. The monoisotopic (exact) mass is 691 g/mol. The molecule has 1 aliphatic heterocycles. The molecule has 0 atom stereocenters. The number of hydrogen-bond acceptors (Lipinski definition) is 5. The Kier molecular flexibility index (Phi) is 6.97. The Balaban J connectivity index is 0.00000308. The number of rotatable bonds is 4. The normalized spacial score (nSPS) is 13.1. The molecule has 6 rings (SSSR count). The van der Waals surface area contributed by atoms with Crippen LogP contribution in [0.2, 0.25) is 0 Å². The molecule has 0 spiro atoms. The Morgan fingerprint density at radius 2 is 1.79 bits per heavy atom. The Hall–Kier alpha value is -4.07. The Labute approximate surface area is 243 Å². The van der Waals surface area contributed by atoms with Crippen molar-refractivity contribution in [2.24, 2.45) is 0 Å². The van der Waals surface area contributed by atoms with E-state index >= 15 is 0 Å². The number of benzene rings is 3. The van der Waals surface area contributed by atoms with E-state index in [1.54, 1.807) is 6.07 Å². The molecule has 39 heavy (non-hydrogen) atoms. The molecular weight excluding hydrogens is 665 g/mol. The molecule has 198 valence electrons. The fraction of sp³-hybridized carbons (Fsp3) is 0.156. The predicted octanol–water partition coefficient (Wildman–Crippen LogP) is 7.08. The minimum Gasteiger partial charge on any atom is -0.510 e. The minimum atomic E-state index is -0.0141. The van der Waals surface area contributed by atoms with Gasteiger partial charge in [-0.25, -0.2) is 10.2 Å². The Morgan fingerprint density at radius 1 is 0.974 bits per heavy atom. The quantitative estimate of drug-likeness (QED) is 0.189. The standard InChI is InChI=1S/C32H26N5O.Pt/c1-32(2,3)23-13-14-34-31(17-23)37-28-8-6-5-7-26(28)27-12-11-25(19-29(27)37)38-30-18-24(10-9-22(30)20-33)36-16-15-35(4)21-36;/h5-17,21H,1-4H3;/q-3;. The van der Waals surface area contributed by atoms with Crippen LogP contribution in [0.25, 0.3) is 27.6 Å². The van der Waals surface area contributed by atoms with Gasteiger partial charge in [-0.05, 0) is 59.6 Å². The van der Waals surface area contributed by atoms with E-state index in [0.717, 1.165) is 33.3 Å². The van der Waals surface area contributed by atoms with Crippen molar-refractivity contribution in [2.45, 2.75) is 26.2 Å². The molecule has 3 heterocycles. The van der Waals surface area contributed by atoms with Gasteiger partial charge in [-0.1, -0.05) is 44.5 Å². The predicted molar refractivity (Wildman–Crippen MR) is 150 cm³/mol. The van der Waals surface area contributed by atoms with E-state index in [4.69, 9.17) is 9.72 Å².